The summed E-state index contributed by atoms with van der Waals surface area (Å²) in [6, 6.07) is 2.83. The lowest BCUT2D eigenvalue weighted by molar-refractivity contribution is -0.275. The van der Waals surface area contributed by atoms with Crippen LogP contribution in [0.25, 0.3) is 0 Å². The van der Waals surface area contributed by atoms with Crippen LogP contribution in [0.4, 0.5) is 22.4 Å². The fourth-order valence-corrected chi connectivity index (χ4v) is 3.85. The molecule has 10 heteroatoms. The van der Waals surface area contributed by atoms with Crippen LogP contribution in [0.2, 0.25) is 0 Å². The number of hydrogen-bond acceptors (Lipinski definition) is 3. The average Bonchev–Trinajstić information content (AvgIpc) is 3.39. The molecule has 0 radical (unpaired) electrons. The number of amides is 1. The number of ether oxygens (including phenoxy) is 1. The first-order valence-electron chi connectivity index (χ1n) is 9.32. The monoisotopic (exact) mass is 413 g/mol. The first-order valence-corrected chi connectivity index (χ1v) is 9.32. The molecule has 0 saturated heterocycles. The number of aryl methyl sites for hydroxylation is 1. The lowest BCUT2D eigenvalue weighted by Crippen LogP contribution is -2.41. The molecular formula is C19H19F4N3O3. The maximum atomic E-state index is 13.9. The number of carboxylic acid groups (broad SMARTS) is 1. The molecule has 1 aliphatic carbocycles. The van der Waals surface area contributed by atoms with Crippen LogP contribution in [-0.4, -0.2) is 38.6 Å². The van der Waals surface area contributed by atoms with Crippen molar-refractivity contribution in [1.29, 1.82) is 0 Å². The molecule has 1 saturated carbocycles. The Bertz CT molecular complexity index is 924. The third-order valence-electron chi connectivity index (χ3n) is 5.32. The van der Waals surface area contributed by atoms with Gasteiger partial charge in [0.1, 0.15) is 5.82 Å². The van der Waals surface area contributed by atoms with Crippen LogP contribution in [0.1, 0.15) is 48.3 Å². The summed E-state index contributed by atoms with van der Waals surface area (Å²) < 4.78 is 56.5. The molecule has 0 spiro atoms. The molecule has 2 aromatic rings. The van der Waals surface area contributed by atoms with Crippen LogP contribution in [0, 0.1) is 5.82 Å². The summed E-state index contributed by atoms with van der Waals surface area (Å²) >= 11 is 0. The minimum absolute atomic E-state index is 0.293. The number of halogens is 4. The van der Waals surface area contributed by atoms with Gasteiger partial charge >= 0.3 is 12.5 Å². The minimum atomic E-state index is -4.97. The van der Waals surface area contributed by atoms with Gasteiger partial charge < -0.3 is 14.4 Å². The lowest BCUT2D eigenvalue weighted by atomic mass is 10.00. The van der Waals surface area contributed by atoms with Crippen molar-refractivity contribution >= 4 is 6.09 Å². The third-order valence-corrected chi connectivity index (χ3v) is 5.32. The number of fused-ring (bicyclic) bond motifs is 1. The molecule has 156 valence electrons. The van der Waals surface area contributed by atoms with Crippen molar-refractivity contribution < 1.29 is 32.2 Å². The van der Waals surface area contributed by atoms with Crippen molar-refractivity contribution in [2.24, 2.45) is 0 Å². The van der Waals surface area contributed by atoms with Crippen molar-refractivity contribution in [2.75, 3.05) is 6.54 Å². The van der Waals surface area contributed by atoms with E-state index in [9.17, 15) is 27.5 Å². The number of imidazole rings is 1. The van der Waals surface area contributed by atoms with Crippen molar-refractivity contribution in [3.05, 3.63) is 47.3 Å². The van der Waals surface area contributed by atoms with Crippen LogP contribution >= 0.6 is 0 Å². The fourth-order valence-electron chi connectivity index (χ4n) is 3.85. The summed E-state index contributed by atoms with van der Waals surface area (Å²) in [7, 11) is 0. The smallest absolute Gasteiger partial charge is 0.465 e. The van der Waals surface area contributed by atoms with E-state index in [0.29, 0.717) is 37.4 Å². The normalized spacial score (nSPS) is 19.2. The van der Waals surface area contributed by atoms with Crippen LogP contribution < -0.4 is 4.74 Å². The molecular weight excluding hydrogens is 394 g/mol. The van der Waals surface area contributed by atoms with E-state index in [1.54, 1.807) is 6.20 Å². The van der Waals surface area contributed by atoms with E-state index in [2.05, 4.69) is 14.3 Å². The van der Waals surface area contributed by atoms with Gasteiger partial charge in [0, 0.05) is 19.0 Å². The topological polar surface area (TPSA) is 67.6 Å². The van der Waals surface area contributed by atoms with Crippen molar-refractivity contribution in [1.82, 2.24) is 14.5 Å². The predicted octanol–water partition coefficient (Wildman–Crippen LogP) is 4.47. The SMILES string of the molecule is O=C(O)N1CCn2c(cnc2C2CC2)C1CCc1ccc(OC(F)(F)F)c(F)c1. The fraction of sp³-hybridized carbons (Fsp3) is 0.474. The van der Waals surface area contributed by atoms with Crippen molar-refractivity contribution in [3.8, 4) is 5.75 Å². The number of nitrogens with zero attached hydrogens (tertiary/aromatic N) is 3. The third kappa shape index (κ3) is 4.15. The Morgan fingerprint density at radius 3 is 2.66 bits per heavy atom. The highest BCUT2D eigenvalue weighted by molar-refractivity contribution is 5.66. The summed E-state index contributed by atoms with van der Waals surface area (Å²) in [4.78, 5) is 17.5. The van der Waals surface area contributed by atoms with Crippen molar-refractivity contribution in [2.45, 2.75) is 50.6 Å². The number of alkyl halides is 3. The average molecular weight is 413 g/mol. The first-order chi connectivity index (χ1) is 13.7. The molecule has 4 rings (SSSR count). The van der Waals surface area contributed by atoms with Gasteiger partial charge in [-0.15, -0.1) is 13.2 Å². The molecule has 0 bridgehead atoms. The molecule has 6 nitrogen and oxygen atoms in total. The molecule has 1 amide bonds. The zero-order chi connectivity index (χ0) is 20.8. The standard InChI is InChI=1S/C19H19F4N3O3/c20-13-9-11(2-6-16(13)29-19(21,22)23)1-5-14-15-10-24-17(12-3-4-12)25(15)7-8-26(14)18(27)28/h2,6,9-10,12,14H,1,3-5,7-8H2,(H,27,28). The van der Waals surface area contributed by atoms with Gasteiger partial charge in [0.25, 0.3) is 0 Å². The van der Waals surface area contributed by atoms with E-state index in [4.69, 9.17) is 0 Å². The summed E-state index contributed by atoms with van der Waals surface area (Å²) in [5.74, 6) is -0.594. The number of rotatable bonds is 5. The maximum absolute atomic E-state index is 13.9. The molecule has 1 aliphatic heterocycles. The molecule has 1 fully saturated rings. The van der Waals surface area contributed by atoms with E-state index in [1.807, 2.05) is 0 Å². The second-order valence-corrected chi connectivity index (χ2v) is 7.31. The van der Waals surface area contributed by atoms with Crippen LogP contribution in [-0.2, 0) is 13.0 Å². The van der Waals surface area contributed by atoms with Gasteiger partial charge in [0.15, 0.2) is 11.6 Å². The van der Waals surface area contributed by atoms with E-state index in [1.165, 1.54) is 11.0 Å². The molecule has 2 aliphatic rings. The molecule has 1 aromatic carbocycles. The van der Waals surface area contributed by atoms with Gasteiger partial charge in [-0.2, -0.15) is 0 Å². The summed E-state index contributed by atoms with van der Waals surface area (Å²) in [6.07, 6.45) is -1.50. The van der Waals surface area contributed by atoms with Gasteiger partial charge in [0.05, 0.1) is 17.9 Å². The van der Waals surface area contributed by atoms with Gasteiger partial charge in [0.2, 0.25) is 0 Å². The van der Waals surface area contributed by atoms with Gasteiger partial charge in [-0.3, -0.25) is 4.90 Å². The first kappa shape index (κ1) is 19.5. The molecule has 1 aromatic heterocycles. The maximum Gasteiger partial charge on any atom is 0.573 e. The molecule has 29 heavy (non-hydrogen) atoms. The Kier molecular flexibility index (Phi) is 4.87. The highest BCUT2D eigenvalue weighted by Crippen LogP contribution is 2.42. The highest BCUT2D eigenvalue weighted by atomic mass is 19.4. The molecule has 2 heterocycles. The summed E-state index contributed by atoms with van der Waals surface area (Å²) in [5.41, 5.74) is 1.26. The van der Waals surface area contributed by atoms with Crippen LogP contribution in [0.3, 0.4) is 0 Å². The predicted molar refractivity (Wildman–Crippen MR) is 93.1 cm³/mol. The van der Waals surface area contributed by atoms with Gasteiger partial charge in [-0.25, -0.2) is 14.2 Å². The van der Waals surface area contributed by atoms with Gasteiger partial charge in [-0.1, -0.05) is 6.07 Å². The van der Waals surface area contributed by atoms with E-state index < -0.39 is 30.1 Å². The van der Waals surface area contributed by atoms with Gasteiger partial charge in [-0.05, 0) is 43.4 Å². The zero-order valence-electron chi connectivity index (χ0n) is 15.3. The highest BCUT2D eigenvalue weighted by Gasteiger charge is 2.36. The second kappa shape index (κ2) is 7.23. The Hall–Kier alpha value is -2.78. The Balaban J connectivity index is 1.52. The summed E-state index contributed by atoms with van der Waals surface area (Å²) in [5, 5.41) is 9.56. The molecule has 1 atom stereocenters. The van der Waals surface area contributed by atoms with Crippen LogP contribution in [0.5, 0.6) is 5.75 Å². The second-order valence-electron chi connectivity index (χ2n) is 7.31. The van der Waals surface area contributed by atoms with E-state index in [-0.39, 0.29) is 0 Å². The van der Waals surface area contributed by atoms with Crippen molar-refractivity contribution in [3.63, 3.8) is 0 Å². The number of benzene rings is 1. The Morgan fingerprint density at radius 2 is 2.03 bits per heavy atom. The largest absolute Gasteiger partial charge is 0.573 e. The molecule has 1 N–H and O–H groups in total. The zero-order valence-corrected chi connectivity index (χ0v) is 15.3. The van der Waals surface area contributed by atoms with E-state index >= 15 is 0 Å². The summed E-state index contributed by atoms with van der Waals surface area (Å²) in [6.45, 7) is 0.873. The van der Waals surface area contributed by atoms with Crippen LogP contribution in [0.15, 0.2) is 24.4 Å². The number of hydrogen-bond donors (Lipinski definition) is 1. The lowest BCUT2D eigenvalue weighted by Gasteiger charge is -2.35. The molecule has 1 unspecified atom stereocenters. The quantitative estimate of drug-likeness (QED) is 0.735. The number of carbonyl (C=O) groups is 1. The number of aromatic nitrogens is 2. The Labute approximate surface area is 163 Å². The minimum Gasteiger partial charge on any atom is -0.465 e. The van der Waals surface area contributed by atoms with E-state index in [0.717, 1.165) is 36.5 Å². The Morgan fingerprint density at radius 1 is 1.28 bits per heavy atom.